The molecule has 0 radical (unpaired) electrons. The zero-order chi connectivity index (χ0) is 29.1. The summed E-state index contributed by atoms with van der Waals surface area (Å²) in [4.78, 5) is 58.7. The summed E-state index contributed by atoms with van der Waals surface area (Å²) in [6.45, 7) is 4.15. The number of nitrogens with zero attached hydrogens (tertiary/aromatic N) is 2. The maximum Gasteiger partial charge on any atom is 0.233 e. The predicted molar refractivity (Wildman–Crippen MR) is 156 cm³/mol. The third-order valence-electron chi connectivity index (χ3n) is 9.99. The van der Waals surface area contributed by atoms with E-state index in [1.54, 1.807) is 36.1 Å². The fourth-order valence-corrected chi connectivity index (χ4v) is 7.99. The van der Waals surface area contributed by atoms with Gasteiger partial charge in [0.2, 0.25) is 11.8 Å². The van der Waals surface area contributed by atoms with Crippen LogP contribution in [0.15, 0.2) is 89.0 Å². The molecule has 2 aliphatic heterocycles. The van der Waals surface area contributed by atoms with Crippen molar-refractivity contribution in [1.29, 1.82) is 0 Å². The highest BCUT2D eigenvalue weighted by Crippen LogP contribution is 2.55. The van der Waals surface area contributed by atoms with Gasteiger partial charge in [0.25, 0.3) is 0 Å². The Morgan fingerprint density at radius 3 is 2.31 bits per heavy atom. The molecule has 42 heavy (non-hydrogen) atoms. The molecule has 2 amide bonds. The molecule has 0 aromatic heterocycles. The van der Waals surface area contributed by atoms with Crippen LogP contribution in [-0.2, 0) is 25.7 Å². The minimum atomic E-state index is -0.539. The number of rotatable bonds is 4. The van der Waals surface area contributed by atoms with E-state index >= 15 is 0 Å². The molecule has 214 valence electrons. The van der Waals surface area contributed by atoms with Gasteiger partial charge in [0.15, 0.2) is 11.6 Å². The van der Waals surface area contributed by atoms with E-state index in [1.165, 1.54) is 11.6 Å². The highest BCUT2D eigenvalue weighted by Gasteiger charge is 2.57. The molecule has 3 aliphatic carbocycles. The smallest absolute Gasteiger partial charge is 0.233 e. The second-order valence-corrected chi connectivity index (χ2v) is 12.4. The molecule has 4 unspecified atom stereocenters. The van der Waals surface area contributed by atoms with Crippen molar-refractivity contribution in [3.05, 3.63) is 100 Å². The van der Waals surface area contributed by atoms with Crippen molar-refractivity contribution in [2.24, 2.45) is 17.8 Å². The van der Waals surface area contributed by atoms with Gasteiger partial charge in [-0.2, -0.15) is 0 Å². The third-order valence-corrected chi connectivity index (χ3v) is 9.99. The van der Waals surface area contributed by atoms with Gasteiger partial charge < -0.3 is 5.11 Å². The van der Waals surface area contributed by atoms with E-state index in [0.29, 0.717) is 23.1 Å². The number of Topliss-reactive ketones (excluding diaryl/α,β-unsaturated/α-hetero) is 1. The number of imide groups is 1. The molecule has 2 aromatic rings. The Bertz CT molecular complexity index is 1580. The molecule has 2 saturated heterocycles. The first kappa shape index (κ1) is 26.8. The highest BCUT2D eigenvalue weighted by atomic mass is 16.3. The number of benzene rings is 2. The number of ketones is 2. The Morgan fingerprint density at radius 2 is 1.60 bits per heavy atom. The molecule has 7 nitrogen and oxygen atoms in total. The number of aromatic hydroxyl groups is 1. The summed E-state index contributed by atoms with van der Waals surface area (Å²) >= 11 is 0. The number of phenolic OH excluding ortho intramolecular Hbond substituents is 1. The summed E-state index contributed by atoms with van der Waals surface area (Å²) in [6.07, 6.45) is 5.69. The van der Waals surface area contributed by atoms with Gasteiger partial charge in [-0.15, -0.1) is 0 Å². The van der Waals surface area contributed by atoms with Crippen LogP contribution < -0.4 is 0 Å². The number of amides is 2. The first-order valence-electron chi connectivity index (χ1n) is 14.9. The molecule has 2 fully saturated rings. The summed E-state index contributed by atoms with van der Waals surface area (Å²) in [5.74, 6) is -2.25. The topological polar surface area (TPSA) is 95.0 Å². The van der Waals surface area contributed by atoms with E-state index in [-0.39, 0.29) is 47.5 Å². The van der Waals surface area contributed by atoms with Gasteiger partial charge in [-0.3, -0.25) is 29.0 Å². The molecular formula is C35H34N2O5. The van der Waals surface area contributed by atoms with E-state index in [4.69, 9.17) is 0 Å². The quantitative estimate of drug-likeness (QED) is 0.335. The monoisotopic (exact) mass is 562 g/mol. The molecule has 0 saturated carbocycles. The van der Waals surface area contributed by atoms with Crippen LogP contribution in [0.2, 0.25) is 0 Å². The van der Waals surface area contributed by atoms with Crippen LogP contribution in [0.3, 0.4) is 0 Å². The number of allylic oxidation sites excluding steroid dienone is 6. The molecule has 2 heterocycles. The second kappa shape index (κ2) is 10.3. The lowest BCUT2D eigenvalue weighted by atomic mass is 9.59. The van der Waals surface area contributed by atoms with E-state index in [2.05, 4.69) is 17.0 Å². The lowest BCUT2D eigenvalue weighted by Crippen LogP contribution is -2.47. The summed E-state index contributed by atoms with van der Waals surface area (Å²) in [7, 11) is 0. The number of carbonyl (C=O) groups is 4. The van der Waals surface area contributed by atoms with Crippen LogP contribution in [0.4, 0.5) is 0 Å². The van der Waals surface area contributed by atoms with Gasteiger partial charge in [0.1, 0.15) is 5.75 Å². The molecule has 4 atom stereocenters. The van der Waals surface area contributed by atoms with Crippen LogP contribution >= 0.6 is 0 Å². The van der Waals surface area contributed by atoms with Crippen LogP contribution in [-0.4, -0.2) is 57.4 Å². The predicted octanol–water partition coefficient (Wildman–Crippen LogP) is 4.49. The maximum atomic E-state index is 14.2. The Labute approximate surface area is 245 Å². The normalized spacial score (nSPS) is 28.4. The first-order valence-corrected chi connectivity index (χ1v) is 14.9. The fraction of sp³-hybridized carbons (Fsp3) is 0.371. The van der Waals surface area contributed by atoms with Crippen molar-refractivity contribution >= 4 is 23.4 Å². The van der Waals surface area contributed by atoms with Crippen molar-refractivity contribution in [2.75, 3.05) is 13.1 Å². The van der Waals surface area contributed by atoms with Crippen LogP contribution in [0.5, 0.6) is 5.75 Å². The number of likely N-dealkylation sites (tertiary alicyclic amines) is 2. The van der Waals surface area contributed by atoms with Gasteiger partial charge in [-0.25, -0.2) is 0 Å². The molecule has 0 bridgehead atoms. The number of fused-ring (bicyclic) bond motifs is 3. The van der Waals surface area contributed by atoms with Crippen LogP contribution in [0.1, 0.15) is 49.7 Å². The number of hydrogen-bond donors (Lipinski definition) is 1. The number of hydrogen-bond acceptors (Lipinski definition) is 6. The Morgan fingerprint density at radius 1 is 0.881 bits per heavy atom. The largest absolute Gasteiger partial charge is 0.508 e. The maximum absolute atomic E-state index is 14.2. The van der Waals surface area contributed by atoms with Crippen molar-refractivity contribution in [3.63, 3.8) is 0 Å². The van der Waals surface area contributed by atoms with Crippen LogP contribution in [0.25, 0.3) is 0 Å². The zero-order valence-electron chi connectivity index (χ0n) is 23.7. The summed E-state index contributed by atoms with van der Waals surface area (Å²) in [5, 5.41) is 9.93. The molecule has 0 spiro atoms. The Balaban J connectivity index is 1.17. The third kappa shape index (κ3) is 4.29. The lowest BCUT2D eigenvalue weighted by molar-refractivity contribution is -0.144. The number of carbonyl (C=O) groups excluding carboxylic acids is 4. The average Bonchev–Trinajstić information content (AvgIpc) is 3.26. The summed E-state index contributed by atoms with van der Waals surface area (Å²) in [6, 6.07) is 16.9. The van der Waals surface area contributed by atoms with Crippen LogP contribution in [0, 0.1) is 17.8 Å². The lowest BCUT2D eigenvalue weighted by Gasteiger charge is -2.42. The van der Waals surface area contributed by atoms with Gasteiger partial charge in [0, 0.05) is 48.3 Å². The first-order chi connectivity index (χ1) is 20.3. The Hall–Kier alpha value is -4.10. The molecule has 7 rings (SSSR count). The second-order valence-electron chi connectivity index (χ2n) is 12.4. The van der Waals surface area contributed by atoms with Crippen molar-refractivity contribution in [1.82, 2.24) is 9.80 Å². The van der Waals surface area contributed by atoms with Gasteiger partial charge in [-0.05, 0) is 67.9 Å². The summed E-state index contributed by atoms with van der Waals surface area (Å²) in [5.41, 5.74) is 4.33. The molecule has 5 aliphatic rings. The number of phenols is 1. The van der Waals surface area contributed by atoms with Crippen molar-refractivity contribution in [2.45, 2.75) is 51.1 Å². The number of piperidine rings is 1. The highest BCUT2D eigenvalue weighted by molar-refractivity contribution is 6.23. The Kier molecular flexibility index (Phi) is 6.58. The zero-order valence-corrected chi connectivity index (χ0v) is 23.7. The van der Waals surface area contributed by atoms with E-state index < -0.39 is 17.8 Å². The minimum Gasteiger partial charge on any atom is -0.508 e. The molecule has 2 aromatic carbocycles. The average molecular weight is 563 g/mol. The van der Waals surface area contributed by atoms with Gasteiger partial charge in [0.05, 0.1) is 11.8 Å². The molecular weight excluding hydrogens is 528 g/mol. The summed E-state index contributed by atoms with van der Waals surface area (Å²) < 4.78 is 0. The van der Waals surface area contributed by atoms with E-state index in [1.807, 2.05) is 24.3 Å². The molecule has 1 N–H and O–H groups in total. The van der Waals surface area contributed by atoms with Gasteiger partial charge >= 0.3 is 0 Å². The standard InChI is InChI=1S/C35H34N2O5/c1-20-17-29(39)32-28(33(20)40)18-27-25(30(32)22-7-9-24(38)10-8-22)11-12-26-31(27)35(42)37(34(26)41)23-13-15-36(16-14-23)19-21-5-3-2-4-6-21/h2-11,17,23,26-27,30-31,38H,12-16,18-19H2,1H3. The van der Waals surface area contributed by atoms with Gasteiger partial charge in [-0.1, -0.05) is 54.1 Å². The van der Waals surface area contributed by atoms with Crippen molar-refractivity contribution in [3.8, 4) is 5.75 Å². The molecule has 7 heteroatoms. The minimum absolute atomic E-state index is 0.0927. The van der Waals surface area contributed by atoms with E-state index in [0.717, 1.165) is 43.6 Å². The van der Waals surface area contributed by atoms with E-state index in [9.17, 15) is 24.3 Å². The fourth-order valence-electron chi connectivity index (χ4n) is 7.99. The van der Waals surface area contributed by atoms with Crippen molar-refractivity contribution < 1.29 is 24.3 Å². The SMILES string of the molecule is CC1=CC(=O)C2=C(CC3C(=CCC4C(=O)N(C5CCN(Cc6ccccc6)CC5)C(=O)C43)C2c2ccc(O)cc2)C1=O.